The van der Waals surface area contributed by atoms with Crippen molar-refractivity contribution in [3.63, 3.8) is 0 Å². The van der Waals surface area contributed by atoms with E-state index >= 15 is 0 Å². The van der Waals surface area contributed by atoms with Crippen LogP contribution in [0, 0.1) is 0 Å². The fourth-order valence-electron chi connectivity index (χ4n) is 1.53. The molecule has 4 nitrogen and oxygen atoms in total. The molecule has 0 spiro atoms. The Bertz CT molecular complexity index is 476. The highest BCUT2D eigenvalue weighted by Gasteiger charge is 2.08. The van der Waals surface area contributed by atoms with Gasteiger partial charge in [0.15, 0.2) is 0 Å². The zero-order chi connectivity index (χ0) is 11.4. The molecule has 0 amide bonds. The van der Waals surface area contributed by atoms with Crippen molar-refractivity contribution in [3.05, 3.63) is 48.3 Å². The van der Waals surface area contributed by atoms with Crippen molar-refractivity contribution < 1.29 is 4.79 Å². The predicted molar refractivity (Wildman–Crippen MR) is 59.9 cm³/mol. The Hall–Kier alpha value is -1.97. The summed E-state index contributed by atoms with van der Waals surface area (Å²) in [7, 11) is 1.89. The molecule has 82 valence electrons. The summed E-state index contributed by atoms with van der Waals surface area (Å²) in [4.78, 5) is 19.8. The Morgan fingerprint density at radius 1 is 1.25 bits per heavy atom. The molecule has 0 atom stereocenters. The molecule has 2 heterocycles. The van der Waals surface area contributed by atoms with E-state index in [2.05, 4.69) is 9.97 Å². The van der Waals surface area contributed by atoms with Crippen LogP contribution in [0.15, 0.2) is 36.9 Å². The molecule has 0 saturated heterocycles. The van der Waals surface area contributed by atoms with Crippen molar-refractivity contribution in [3.8, 4) is 0 Å². The molecule has 0 aromatic carbocycles. The summed E-state index contributed by atoms with van der Waals surface area (Å²) >= 11 is 0. The van der Waals surface area contributed by atoms with Gasteiger partial charge in [-0.25, -0.2) is 4.98 Å². The molecule has 0 saturated carbocycles. The van der Waals surface area contributed by atoms with Crippen molar-refractivity contribution in [1.29, 1.82) is 0 Å². The minimum absolute atomic E-state index is 0.167. The topological polar surface area (TPSA) is 47.8 Å². The minimum Gasteiger partial charge on any atom is -0.338 e. The summed E-state index contributed by atoms with van der Waals surface area (Å²) in [5, 5.41) is 0. The molecule has 0 bridgehead atoms. The van der Waals surface area contributed by atoms with Gasteiger partial charge in [-0.3, -0.25) is 9.78 Å². The van der Waals surface area contributed by atoms with Crippen molar-refractivity contribution in [2.24, 2.45) is 7.05 Å². The maximum atomic E-state index is 11.8. The second kappa shape index (κ2) is 4.70. The van der Waals surface area contributed by atoms with E-state index in [4.69, 9.17) is 0 Å². The summed E-state index contributed by atoms with van der Waals surface area (Å²) in [6.45, 7) is 0. The molecule has 0 fully saturated rings. The zero-order valence-electron chi connectivity index (χ0n) is 9.13. The Morgan fingerprint density at radius 3 is 2.62 bits per heavy atom. The number of Topliss-reactive ketones (excluding diaryl/α,β-unsaturated/α-hetero) is 1. The number of nitrogens with zero attached hydrogens (tertiary/aromatic N) is 3. The maximum absolute atomic E-state index is 11.8. The van der Waals surface area contributed by atoms with Crippen LogP contribution in [-0.2, 0) is 24.7 Å². The van der Waals surface area contributed by atoms with Gasteiger partial charge in [0.05, 0.1) is 6.42 Å². The van der Waals surface area contributed by atoms with Crippen LogP contribution >= 0.6 is 0 Å². The number of ketones is 1. The number of hydrogen-bond donors (Lipinski definition) is 0. The lowest BCUT2D eigenvalue weighted by molar-refractivity contribution is -0.117. The lowest BCUT2D eigenvalue weighted by Crippen LogP contribution is -2.10. The lowest BCUT2D eigenvalue weighted by atomic mass is 10.1. The quantitative estimate of drug-likeness (QED) is 0.769. The minimum atomic E-state index is 0.167. The molecule has 2 aromatic rings. The van der Waals surface area contributed by atoms with Gasteiger partial charge in [-0.2, -0.15) is 0 Å². The summed E-state index contributed by atoms with van der Waals surface area (Å²) in [5.41, 5.74) is 0.995. The number of aromatic nitrogens is 3. The molecule has 0 N–H and O–H groups in total. The van der Waals surface area contributed by atoms with Crippen LogP contribution in [0.4, 0.5) is 0 Å². The van der Waals surface area contributed by atoms with Gasteiger partial charge < -0.3 is 4.57 Å². The van der Waals surface area contributed by atoms with E-state index in [-0.39, 0.29) is 5.78 Å². The van der Waals surface area contributed by atoms with E-state index in [0.29, 0.717) is 12.8 Å². The third-order valence-corrected chi connectivity index (χ3v) is 2.43. The predicted octanol–water partition coefficient (Wildman–Crippen LogP) is 1.17. The van der Waals surface area contributed by atoms with Gasteiger partial charge in [0.25, 0.3) is 0 Å². The normalized spacial score (nSPS) is 10.3. The first-order chi connectivity index (χ1) is 7.75. The van der Waals surface area contributed by atoms with Gasteiger partial charge >= 0.3 is 0 Å². The smallest absolute Gasteiger partial charge is 0.144 e. The molecule has 0 aliphatic rings. The number of imidazole rings is 1. The molecule has 4 heteroatoms. The van der Waals surface area contributed by atoms with E-state index < -0.39 is 0 Å². The second-order valence-corrected chi connectivity index (χ2v) is 3.70. The molecule has 2 aromatic heterocycles. The third-order valence-electron chi connectivity index (χ3n) is 2.43. The van der Waals surface area contributed by atoms with Crippen LogP contribution in [0.2, 0.25) is 0 Å². The highest BCUT2D eigenvalue weighted by Crippen LogP contribution is 2.02. The van der Waals surface area contributed by atoms with Crippen LogP contribution in [0.25, 0.3) is 0 Å². The molecule has 0 radical (unpaired) electrons. The summed E-state index contributed by atoms with van der Waals surface area (Å²) in [5.74, 6) is 0.972. The first-order valence-electron chi connectivity index (χ1n) is 5.12. The average Bonchev–Trinajstić information content (AvgIpc) is 2.66. The Kier molecular flexibility index (Phi) is 3.10. The van der Waals surface area contributed by atoms with Crippen LogP contribution in [-0.4, -0.2) is 20.3 Å². The SMILES string of the molecule is Cn1ccnc1CC(=O)Cc1ccncc1. The summed E-state index contributed by atoms with van der Waals surface area (Å²) in [6, 6.07) is 3.71. The van der Waals surface area contributed by atoms with Gasteiger partial charge in [-0.1, -0.05) is 0 Å². The molecule has 0 aliphatic heterocycles. The van der Waals surface area contributed by atoms with Crippen LogP contribution in [0.1, 0.15) is 11.4 Å². The standard InChI is InChI=1S/C12H13N3O/c1-15-7-6-14-12(15)9-11(16)8-10-2-4-13-5-3-10/h2-7H,8-9H2,1H3. The molecular formula is C12H13N3O. The van der Waals surface area contributed by atoms with E-state index in [1.54, 1.807) is 18.6 Å². The molecule has 2 rings (SSSR count). The van der Waals surface area contributed by atoms with Crippen LogP contribution in [0.5, 0.6) is 0 Å². The van der Waals surface area contributed by atoms with Gasteiger partial charge in [0.1, 0.15) is 11.6 Å². The van der Waals surface area contributed by atoms with E-state index in [0.717, 1.165) is 11.4 Å². The highest BCUT2D eigenvalue weighted by atomic mass is 16.1. The Labute approximate surface area is 94.0 Å². The number of rotatable bonds is 4. The molecular weight excluding hydrogens is 202 g/mol. The van der Waals surface area contributed by atoms with Gasteiger partial charge in [0, 0.05) is 38.3 Å². The fraction of sp³-hybridized carbons (Fsp3) is 0.250. The average molecular weight is 215 g/mol. The summed E-state index contributed by atoms with van der Waals surface area (Å²) in [6.07, 6.45) is 7.76. The Morgan fingerprint density at radius 2 is 2.00 bits per heavy atom. The molecule has 0 aliphatic carbocycles. The largest absolute Gasteiger partial charge is 0.338 e. The third kappa shape index (κ3) is 2.53. The first-order valence-corrected chi connectivity index (χ1v) is 5.12. The van der Waals surface area contributed by atoms with Gasteiger partial charge in [-0.15, -0.1) is 0 Å². The van der Waals surface area contributed by atoms with Crippen molar-refractivity contribution in [2.45, 2.75) is 12.8 Å². The van der Waals surface area contributed by atoms with E-state index in [1.807, 2.05) is 29.9 Å². The van der Waals surface area contributed by atoms with Gasteiger partial charge in [-0.05, 0) is 17.7 Å². The van der Waals surface area contributed by atoms with E-state index in [1.165, 1.54) is 0 Å². The first kappa shape index (κ1) is 10.5. The summed E-state index contributed by atoms with van der Waals surface area (Å²) < 4.78 is 1.87. The van der Waals surface area contributed by atoms with Crippen molar-refractivity contribution in [2.75, 3.05) is 0 Å². The monoisotopic (exact) mass is 215 g/mol. The van der Waals surface area contributed by atoms with Crippen LogP contribution in [0.3, 0.4) is 0 Å². The van der Waals surface area contributed by atoms with Gasteiger partial charge in [0.2, 0.25) is 0 Å². The number of carbonyl (C=O) groups is 1. The van der Waals surface area contributed by atoms with Crippen molar-refractivity contribution in [1.82, 2.24) is 14.5 Å². The molecule has 0 unspecified atom stereocenters. The van der Waals surface area contributed by atoms with Crippen molar-refractivity contribution >= 4 is 5.78 Å². The maximum Gasteiger partial charge on any atom is 0.144 e. The number of pyridine rings is 1. The van der Waals surface area contributed by atoms with Crippen LogP contribution < -0.4 is 0 Å². The molecule has 16 heavy (non-hydrogen) atoms. The number of hydrogen-bond acceptors (Lipinski definition) is 3. The lowest BCUT2D eigenvalue weighted by Gasteiger charge is -2.01. The highest BCUT2D eigenvalue weighted by molar-refractivity contribution is 5.82. The van der Waals surface area contributed by atoms with E-state index in [9.17, 15) is 4.79 Å². The number of carbonyl (C=O) groups excluding carboxylic acids is 1. The number of aryl methyl sites for hydroxylation is 1. The Balaban J connectivity index is 1.98. The fourth-order valence-corrected chi connectivity index (χ4v) is 1.53. The second-order valence-electron chi connectivity index (χ2n) is 3.70. The zero-order valence-corrected chi connectivity index (χ0v) is 9.13.